The van der Waals surface area contributed by atoms with E-state index in [1.165, 1.54) is 28.7 Å². The first kappa shape index (κ1) is 20.7. The highest BCUT2D eigenvalue weighted by molar-refractivity contribution is 7.88. The average molecular weight is 433 g/mol. The van der Waals surface area contributed by atoms with Crippen molar-refractivity contribution in [3.05, 3.63) is 57.0 Å². The molecule has 0 spiro atoms. The van der Waals surface area contributed by atoms with Gasteiger partial charge in [0.25, 0.3) is 11.5 Å². The van der Waals surface area contributed by atoms with E-state index in [0.717, 1.165) is 6.92 Å². The van der Waals surface area contributed by atoms with Crippen LogP contribution in [0.3, 0.4) is 0 Å². The van der Waals surface area contributed by atoms with Crippen molar-refractivity contribution >= 4 is 27.3 Å². The molecule has 11 heteroatoms. The van der Waals surface area contributed by atoms with Gasteiger partial charge < -0.3 is 4.90 Å². The van der Waals surface area contributed by atoms with Crippen LogP contribution in [0.25, 0.3) is 0 Å². The highest BCUT2D eigenvalue weighted by atomic mass is 35.5. The number of sulfonamides is 1. The lowest BCUT2D eigenvalue weighted by Crippen LogP contribution is -2.49. The van der Waals surface area contributed by atoms with Crippen LogP contribution in [0.4, 0.5) is 14.5 Å². The summed E-state index contributed by atoms with van der Waals surface area (Å²) in [4.78, 5) is 13.3. The van der Waals surface area contributed by atoms with Crippen LogP contribution in [0.2, 0.25) is 5.02 Å². The van der Waals surface area contributed by atoms with Gasteiger partial charge in [-0.1, -0.05) is 35.9 Å². The number of rotatable bonds is 5. The third-order valence-corrected chi connectivity index (χ3v) is 6.77. The number of hydrogen-bond donors (Lipinski definition) is 1. The zero-order valence-electron chi connectivity index (χ0n) is 15.0. The van der Waals surface area contributed by atoms with Gasteiger partial charge in [-0.2, -0.15) is 9.40 Å². The molecular weight excluding hydrogens is 414 g/mol. The molecule has 0 radical (unpaired) electrons. The smallest absolute Gasteiger partial charge is 0.285 e. The van der Waals surface area contributed by atoms with Gasteiger partial charge in [0.1, 0.15) is 5.02 Å². The molecule has 0 bridgehead atoms. The standard InChI is InChI=1S/C17H19ClF2N4O3S/c1-17(19,20)13-5-3-2-4-12(13)11-28(26,27)24-8-6-23(7-9-24)14-10-21-22-16(25)15(14)18/h2-5,10H,6-9,11H2,1H3,(H,22,25). The Hall–Kier alpha value is -2.04. The van der Waals surface area contributed by atoms with Gasteiger partial charge in [-0.05, 0) is 5.56 Å². The summed E-state index contributed by atoms with van der Waals surface area (Å²) < 4.78 is 54.4. The molecule has 1 aliphatic rings. The Labute approximate surface area is 166 Å². The Morgan fingerprint density at radius 1 is 1.21 bits per heavy atom. The minimum Gasteiger partial charge on any atom is -0.366 e. The number of halogens is 3. The van der Waals surface area contributed by atoms with Gasteiger partial charge in [-0.25, -0.2) is 22.3 Å². The molecule has 0 amide bonds. The lowest BCUT2D eigenvalue weighted by molar-refractivity contribution is 0.0167. The van der Waals surface area contributed by atoms with Crippen LogP contribution in [0, 0.1) is 0 Å². The van der Waals surface area contributed by atoms with Gasteiger partial charge in [0, 0.05) is 38.7 Å². The van der Waals surface area contributed by atoms with Crippen molar-refractivity contribution in [3.8, 4) is 0 Å². The highest BCUT2D eigenvalue weighted by Gasteiger charge is 2.32. The number of alkyl halides is 2. The summed E-state index contributed by atoms with van der Waals surface area (Å²) in [5, 5.41) is 5.93. The Morgan fingerprint density at radius 3 is 2.50 bits per heavy atom. The zero-order valence-corrected chi connectivity index (χ0v) is 16.6. The van der Waals surface area contributed by atoms with Gasteiger partial charge in [0.2, 0.25) is 10.0 Å². The van der Waals surface area contributed by atoms with E-state index in [1.807, 2.05) is 0 Å². The molecule has 0 aliphatic carbocycles. The van der Waals surface area contributed by atoms with Crippen LogP contribution in [0.5, 0.6) is 0 Å². The molecule has 1 aromatic carbocycles. The third kappa shape index (κ3) is 4.34. The topological polar surface area (TPSA) is 86.4 Å². The first-order valence-electron chi connectivity index (χ1n) is 8.52. The van der Waals surface area contributed by atoms with Crippen molar-refractivity contribution in [1.29, 1.82) is 0 Å². The summed E-state index contributed by atoms with van der Waals surface area (Å²) in [6, 6.07) is 5.65. The molecule has 28 heavy (non-hydrogen) atoms. The molecule has 1 fully saturated rings. The Balaban J connectivity index is 1.74. The largest absolute Gasteiger partial charge is 0.366 e. The average Bonchev–Trinajstić information content (AvgIpc) is 2.63. The number of nitrogens with zero attached hydrogens (tertiary/aromatic N) is 3. The molecule has 2 heterocycles. The fourth-order valence-corrected chi connectivity index (χ4v) is 4.92. The third-order valence-electron chi connectivity index (χ3n) is 4.58. The summed E-state index contributed by atoms with van der Waals surface area (Å²) in [5.74, 6) is -3.63. The van der Waals surface area contributed by atoms with Crippen LogP contribution in [0.1, 0.15) is 18.1 Å². The second-order valence-corrected chi connectivity index (χ2v) is 8.93. The van der Waals surface area contributed by atoms with E-state index < -0.39 is 27.3 Å². The maximum Gasteiger partial charge on any atom is 0.285 e. The summed E-state index contributed by atoms with van der Waals surface area (Å²) in [7, 11) is -3.79. The highest BCUT2D eigenvalue weighted by Crippen LogP contribution is 2.31. The maximum absolute atomic E-state index is 13.8. The van der Waals surface area contributed by atoms with Crippen LogP contribution in [0.15, 0.2) is 35.3 Å². The van der Waals surface area contributed by atoms with Gasteiger partial charge in [-0.3, -0.25) is 4.79 Å². The fourth-order valence-electron chi connectivity index (χ4n) is 3.16. The van der Waals surface area contributed by atoms with Gasteiger partial charge in [0.05, 0.1) is 17.6 Å². The number of hydrogen-bond acceptors (Lipinski definition) is 5. The van der Waals surface area contributed by atoms with Gasteiger partial charge >= 0.3 is 0 Å². The second-order valence-electron chi connectivity index (χ2n) is 6.59. The lowest BCUT2D eigenvalue weighted by Gasteiger charge is -2.35. The van der Waals surface area contributed by atoms with E-state index in [4.69, 9.17) is 11.6 Å². The number of aromatic amines is 1. The molecule has 7 nitrogen and oxygen atoms in total. The van der Waals surface area contributed by atoms with Gasteiger partial charge in [0.15, 0.2) is 0 Å². The van der Waals surface area contributed by atoms with E-state index >= 15 is 0 Å². The molecule has 1 saturated heterocycles. The molecule has 1 aromatic heterocycles. The van der Waals surface area contributed by atoms with E-state index in [9.17, 15) is 22.0 Å². The summed E-state index contributed by atoms with van der Waals surface area (Å²) in [6.07, 6.45) is 1.41. The van der Waals surface area contributed by atoms with Crippen molar-refractivity contribution in [2.24, 2.45) is 0 Å². The maximum atomic E-state index is 13.8. The monoisotopic (exact) mass is 432 g/mol. The first-order chi connectivity index (χ1) is 13.1. The predicted molar refractivity (Wildman–Crippen MR) is 102 cm³/mol. The van der Waals surface area contributed by atoms with Crippen molar-refractivity contribution < 1.29 is 17.2 Å². The zero-order chi connectivity index (χ0) is 20.5. The Kier molecular flexibility index (Phi) is 5.74. The molecular formula is C17H19ClF2N4O3S. The molecule has 3 rings (SSSR count). The quantitative estimate of drug-likeness (QED) is 0.782. The second kappa shape index (κ2) is 7.76. The lowest BCUT2D eigenvalue weighted by atomic mass is 10.0. The number of nitrogens with one attached hydrogen (secondary N) is 1. The summed E-state index contributed by atoms with van der Waals surface area (Å²) in [5.41, 5.74) is -0.303. The predicted octanol–water partition coefficient (Wildman–Crippen LogP) is 2.19. The number of benzene rings is 1. The fraction of sp³-hybridized carbons (Fsp3) is 0.412. The molecule has 0 saturated carbocycles. The van der Waals surface area contributed by atoms with Crippen molar-refractivity contribution in [2.45, 2.75) is 18.6 Å². The van der Waals surface area contributed by atoms with E-state index in [-0.39, 0.29) is 29.2 Å². The van der Waals surface area contributed by atoms with E-state index in [2.05, 4.69) is 10.2 Å². The molecule has 1 aliphatic heterocycles. The number of piperazine rings is 1. The SMILES string of the molecule is CC(F)(F)c1ccccc1CS(=O)(=O)N1CCN(c2cn[nH]c(=O)c2Cl)CC1. The number of H-pyrrole nitrogens is 1. The summed E-state index contributed by atoms with van der Waals surface area (Å²) in [6.45, 7) is 1.65. The van der Waals surface area contributed by atoms with Crippen LogP contribution in [-0.4, -0.2) is 49.1 Å². The normalized spacial score (nSPS) is 16.4. The molecule has 0 unspecified atom stereocenters. The molecule has 2 aromatic rings. The van der Waals surface area contributed by atoms with Crippen LogP contribution >= 0.6 is 11.6 Å². The van der Waals surface area contributed by atoms with Crippen molar-refractivity contribution in [1.82, 2.24) is 14.5 Å². The summed E-state index contributed by atoms with van der Waals surface area (Å²) >= 11 is 5.99. The molecule has 1 N–H and O–H groups in total. The minimum atomic E-state index is -3.79. The van der Waals surface area contributed by atoms with Crippen molar-refractivity contribution in [2.75, 3.05) is 31.1 Å². The Morgan fingerprint density at radius 2 is 1.86 bits per heavy atom. The van der Waals surface area contributed by atoms with Crippen LogP contribution in [-0.2, 0) is 21.7 Å². The van der Waals surface area contributed by atoms with Crippen LogP contribution < -0.4 is 10.5 Å². The van der Waals surface area contributed by atoms with E-state index in [1.54, 1.807) is 11.0 Å². The first-order valence-corrected chi connectivity index (χ1v) is 10.5. The molecule has 152 valence electrons. The number of anilines is 1. The van der Waals surface area contributed by atoms with Gasteiger partial charge in [-0.15, -0.1) is 0 Å². The Bertz CT molecular complexity index is 1020. The van der Waals surface area contributed by atoms with E-state index in [0.29, 0.717) is 18.8 Å². The van der Waals surface area contributed by atoms with Crippen molar-refractivity contribution in [3.63, 3.8) is 0 Å². The molecule has 0 atom stereocenters. The minimum absolute atomic E-state index is 0.00888. The number of aromatic nitrogens is 2.